The number of nitrogens with zero attached hydrogens (tertiary/aromatic N) is 3. The van der Waals surface area contributed by atoms with Crippen LogP contribution in [0.4, 0.5) is 5.69 Å². The molecule has 0 aliphatic rings. The van der Waals surface area contributed by atoms with Crippen molar-refractivity contribution in [2.24, 2.45) is 0 Å². The second-order valence-corrected chi connectivity index (χ2v) is 10.2. The number of aromatic nitrogens is 3. The molecule has 0 spiro atoms. The van der Waals surface area contributed by atoms with Gasteiger partial charge in [-0.2, -0.15) is 0 Å². The molecule has 162 valence electrons. The number of aryl methyl sites for hydroxylation is 1. The van der Waals surface area contributed by atoms with Crippen LogP contribution in [0.15, 0.2) is 71.8 Å². The molecular weight excluding hydrogens is 444 g/mol. The van der Waals surface area contributed by atoms with Crippen molar-refractivity contribution in [1.82, 2.24) is 15.2 Å². The molecule has 0 saturated heterocycles. The van der Waals surface area contributed by atoms with Crippen LogP contribution in [-0.2, 0) is 9.84 Å². The molecule has 0 fully saturated rings. The lowest BCUT2D eigenvalue weighted by Crippen LogP contribution is -2.11. The minimum Gasteiger partial charge on any atom is -0.321 e. The highest BCUT2D eigenvalue weighted by Crippen LogP contribution is 2.28. The Labute approximate surface area is 190 Å². The summed E-state index contributed by atoms with van der Waals surface area (Å²) in [7, 11) is -3.39. The highest BCUT2D eigenvalue weighted by molar-refractivity contribution is 7.91. The topological polar surface area (TPSA) is 102 Å². The van der Waals surface area contributed by atoms with Gasteiger partial charge in [0.2, 0.25) is 0 Å². The number of carbonyl (C=O) groups is 1. The van der Waals surface area contributed by atoms with E-state index in [2.05, 4.69) is 20.5 Å². The minimum atomic E-state index is -3.39. The van der Waals surface area contributed by atoms with Crippen molar-refractivity contribution in [1.29, 1.82) is 0 Å². The van der Waals surface area contributed by atoms with Gasteiger partial charge in [0.1, 0.15) is 9.88 Å². The van der Waals surface area contributed by atoms with Crippen LogP contribution in [0.3, 0.4) is 0 Å². The van der Waals surface area contributed by atoms with E-state index in [1.54, 1.807) is 37.3 Å². The van der Waals surface area contributed by atoms with Gasteiger partial charge in [-0.25, -0.2) is 13.4 Å². The molecule has 9 heteroatoms. The van der Waals surface area contributed by atoms with Gasteiger partial charge in [0.25, 0.3) is 5.91 Å². The van der Waals surface area contributed by atoms with E-state index >= 15 is 0 Å². The molecule has 2 aromatic carbocycles. The number of nitrogens with one attached hydrogen (secondary N) is 1. The van der Waals surface area contributed by atoms with Crippen molar-refractivity contribution >= 4 is 32.8 Å². The molecule has 1 N–H and O–H groups in total. The van der Waals surface area contributed by atoms with Crippen molar-refractivity contribution < 1.29 is 13.2 Å². The first kappa shape index (κ1) is 21.8. The van der Waals surface area contributed by atoms with E-state index in [9.17, 15) is 13.2 Å². The van der Waals surface area contributed by atoms with Crippen molar-refractivity contribution in [3.63, 3.8) is 0 Å². The Morgan fingerprint density at radius 1 is 0.938 bits per heavy atom. The summed E-state index contributed by atoms with van der Waals surface area (Å²) in [5, 5.41) is 11.5. The van der Waals surface area contributed by atoms with Crippen LogP contribution < -0.4 is 5.32 Å². The van der Waals surface area contributed by atoms with Gasteiger partial charge in [-0.05, 0) is 31.2 Å². The van der Waals surface area contributed by atoms with E-state index in [1.807, 2.05) is 37.3 Å². The predicted octanol–water partition coefficient (Wildman–Crippen LogP) is 4.62. The third kappa shape index (κ3) is 4.58. The molecule has 7 nitrogen and oxygen atoms in total. The van der Waals surface area contributed by atoms with Gasteiger partial charge >= 0.3 is 0 Å². The summed E-state index contributed by atoms with van der Waals surface area (Å²) in [6.07, 6.45) is 0. The second kappa shape index (κ2) is 8.97. The highest BCUT2D eigenvalue weighted by Gasteiger charge is 2.17. The Morgan fingerprint density at radius 2 is 1.66 bits per heavy atom. The Hall–Kier alpha value is -3.43. The summed E-state index contributed by atoms with van der Waals surface area (Å²) in [5.41, 5.74) is 3.59. The molecule has 2 heterocycles. The Bertz CT molecular complexity index is 1350. The average Bonchev–Trinajstić information content (AvgIpc) is 3.22. The molecule has 2 aromatic heterocycles. The molecule has 32 heavy (non-hydrogen) atoms. The standard InChI is InChI=1S/C23H20N4O3S2/c1-3-32(29,30)20-14-13-19(26-27-20)16-9-11-18(12-10-16)25-22(28)21-15(2)24-23(31-21)17-7-5-4-6-8-17/h4-14H,3H2,1-2H3,(H,25,28). The van der Waals surface area contributed by atoms with E-state index in [0.29, 0.717) is 22.0 Å². The SMILES string of the molecule is CCS(=O)(=O)c1ccc(-c2ccc(NC(=O)c3sc(-c4ccccc4)nc3C)cc2)nn1. The third-order valence-electron chi connectivity index (χ3n) is 4.80. The number of hydrogen-bond acceptors (Lipinski definition) is 7. The smallest absolute Gasteiger partial charge is 0.267 e. The fourth-order valence-corrected chi connectivity index (χ4v) is 4.71. The van der Waals surface area contributed by atoms with Crippen molar-refractivity contribution in [2.75, 3.05) is 11.1 Å². The lowest BCUT2D eigenvalue weighted by molar-refractivity contribution is 0.103. The van der Waals surface area contributed by atoms with Gasteiger partial charge < -0.3 is 5.32 Å². The summed E-state index contributed by atoms with van der Waals surface area (Å²) >= 11 is 1.35. The number of thiazole rings is 1. The monoisotopic (exact) mass is 464 g/mol. The van der Waals surface area contributed by atoms with E-state index in [-0.39, 0.29) is 16.7 Å². The maximum Gasteiger partial charge on any atom is 0.267 e. The van der Waals surface area contributed by atoms with Crippen LogP contribution in [0.25, 0.3) is 21.8 Å². The van der Waals surface area contributed by atoms with Gasteiger partial charge in [-0.1, -0.05) is 49.4 Å². The molecule has 1 amide bonds. The van der Waals surface area contributed by atoms with E-state index in [1.165, 1.54) is 17.4 Å². The quantitative estimate of drug-likeness (QED) is 0.447. The minimum absolute atomic E-state index is 0.0263. The van der Waals surface area contributed by atoms with E-state index in [0.717, 1.165) is 16.1 Å². The third-order valence-corrected chi connectivity index (χ3v) is 7.62. The van der Waals surface area contributed by atoms with E-state index in [4.69, 9.17) is 0 Å². The summed E-state index contributed by atoms with van der Waals surface area (Å²) in [5.74, 6) is -0.245. The van der Waals surface area contributed by atoms with Gasteiger partial charge in [-0.3, -0.25) is 4.79 Å². The van der Waals surface area contributed by atoms with Gasteiger partial charge in [-0.15, -0.1) is 21.5 Å². The van der Waals surface area contributed by atoms with Crippen LogP contribution in [-0.4, -0.2) is 35.3 Å². The van der Waals surface area contributed by atoms with Gasteiger partial charge in [0, 0.05) is 16.8 Å². The lowest BCUT2D eigenvalue weighted by Gasteiger charge is -2.06. The zero-order valence-electron chi connectivity index (χ0n) is 17.4. The number of hydrogen-bond donors (Lipinski definition) is 1. The Kier molecular flexibility index (Phi) is 6.11. The first-order chi connectivity index (χ1) is 15.4. The molecule has 0 bridgehead atoms. The van der Waals surface area contributed by atoms with Gasteiger partial charge in [0.15, 0.2) is 14.9 Å². The number of rotatable bonds is 6. The molecule has 0 atom stereocenters. The molecule has 0 radical (unpaired) electrons. The van der Waals surface area contributed by atoms with Crippen LogP contribution in [0.2, 0.25) is 0 Å². The molecular formula is C23H20N4O3S2. The first-order valence-corrected chi connectivity index (χ1v) is 12.4. The predicted molar refractivity (Wildman–Crippen MR) is 125 cm³/mol. The molecule has 0 aliphatic carbocycles. The van der Waals surface area contributed by atoms with Crippen LogP contribution in [0, 0.1) is 6.92 Å². The zero-order valence-corrected chi connectivity index (χ0v) is 19.1. The highest BCUT2D eigenvalue weighted by atomic mass is 32.2. The van der Waals surface area contributed by atoms with Crippen molar-refractivity contribution in [3.05, 3.63) is 77.3 Å². The molecule has 4 rings (SSSR count). The first-order valence-electron chi connectivity index (χ1n) is 9.88. The van der Waals surface area contributed by atoms with Gasteiger partial charge in [0.05, 0.1) is 17.1 Å². The summed E-state index contributed by atoms with van der Waals surface area (Å²) < 4.78 is 23.7. The second-order valence-electron chi connectivity index (χ2n) is 6.99. The number of anilines is 1. The molecule has 0 aliphatic heterocycles. The maximum absolute atomic E-state index is 12.8. The lowest BCUT2D eigenvalue weighted by atomic mass is 10.1. The number of carbonyl (C=O) groups excluding carboxylic acids is 1. The summed E-state index contributed by atoms with van der Waals surface area (Å²) in [4.78, 5) is 17.9. The Morgan fingerprint density at radius 3 is 2.28 bits per heavy atom. The largest absolute Gasteiger partial charge is 0.321 e. The summed E-state index contributed by atoms with van der Waals surface area (Å²) in [6, 6.07) is 19.9. The fraction of sp³-hybridized carbons (Fsp3) is 0.130. The molecule has 4 aromatic rings. The Balaban J connectivity index is 1.48. The molecule has 0 saturated carbocycles. The molecule has 0 unspecified atom stereocenters. The fourth-order valence-electron chi connectivity index (χ4n) is 3.01. The van der Waals surface area contributed by atoms with Crippen LogP contribution >= 0.6 is 11.3 Å². The average molecular weight is 465 g/mol. The number of amides is 1. The summed E-state index contributed by atoms with van der Waals surface area (Å²) in [6.45, 7) is 3.39. The number of sulfone groups is 1. The van der Waals surface area contributed by atoms with Crippen molar-refractivity contribution in [2.45, 2.75) is 18.9 Å². The van der Waals surface area contributed by atoms with E-state index < -0.39 is 9.84 Å². The maximum atomic E-state index is 12.8. The van der Waals surface area contributed by atoms with Crippen molar-refractivity contribution in [3.8, 4) is 21.8 Å². The van der Waals surface area contributed by atoms with Crippen LogP contribution in [0.1, 0.15) is 22.3 Å². The zero-order chi connectivity index (χ0) is 22.7. The number of benzene rings is 2. The normalized spacial score (nSPS) is 11.3. The van der Waals surface area contributed by atoms with Crippen LogP contribution in [0.5, 0.6) is 0 Å².